The first kappa shape index (κ1) is 9.93. The number of carbonyl (C=O) groups is 2. The maximum absolute atomic E-state index is 12.7. The lowest BCUT2D eigenvalue weighted by atomic mass is 10.1. The van der Waals surface area contributed by atoms with Crippen molar-refractivity contribution in [1.29, 1.82) is 0 Å². The summed E-state index contributed by atoms with van der Waals surface area (Å²) in [5.74, 6) is 2.10. The Hall–Kier alpha value is -2.15. The minimum Gasteiger partial charge on any atom is -0.472 e. The third-order valence-electron chi connectivity index (χ3n) is 1.45. The van der Waals surface area contributed by atoms with Crippen LogP contribution in [0.5, 0.6) is 0 Å². The van der Waals surface area contributed by atoms with Crippen LogP contribution in [0.4, 0.5) is 4.39 Å². The molecule has 0 saturated carbocycles. The van der Waals surface area contributed by atoms with Crippen molar-refractivity contribution in [2.75, 3.05) is 0 Å². The Morgan fingerprint density at radius 2 is 2.21 bits per heavy atom. The van der Waals surface area contributed by atoms with Gasteiger partial charge in [0.05, 0.1) is 0 Å². The van der Waals surface area contributed by atoms with Gasteiger partial charge in [-0.05, 0) is 18.2 Å². The van der Waals surface area contributed by atoms with Crippen molar-refractivity contribution in [3.63, 3.8) is 0 Å². The van der Waals surface area contributed by atoms with Gasteiger partial charge in [0.25, 0.3) is 0 Å². The van der Waals surface area contributed by atoms with Crippen molar-refractivity contribution in [3.05, 3.63) is 35.1 Å². The van der Waals surface area contributed by atoms with Crippen molar-refractivity contribution in [1.82, 2.24) is 0 Å². The van der Waals surface area contributed by atoms with E-state index in [1.807, 2.05) is 0 Å². The number of hydrogen-bond acceptors (Lipinski definition) is 2. The number of halogens is 1. The Morgan fingerprint density at radius 1 is 1.50 bits per heavy atom. The summed E-state index contributed by atoms with van der Waals surface area (Å²) in [5.41, 5.74) is 0.238. The molecule has 4 heteroatoms. The van der Waals surface area contributed by atoms with E-state index in [4.69, 9.17) is 5.11 Å². The number of aliphatic carboxylic acids is 1. The molecular formula is C10H5FO3. The van der Waals surface area contributed by atoms with Crippen LogP contribution >= 0.6 is 0 Å². The maximum Gasteiger partial charge on any atom is 0.382 e. The highest BCUT2D eigenvalue weighted by Gasteiger charge is 2.00. The fourth-order valence-corrected chi connectivity index (χ4v) is 0.860. The molecule has 0 heterocycles. The molecule has 0 atom stereocenters. The number of benzene rings is 1. The van der Waals surface area contributed by atoms with Gasteiger partial charge in [0, 0.05) is 17.0 Å². The summed E-state index contributed by atoms with van der Waals surface area (Å²) in [6.45, 7) is 0. The Morgan fingerprint density at radius 3 is 2.79 bits per heavy atom. The molecule has 0 bridgehead atoms. The minimum absolute atomic E-state index is 0.0717. The van der Waals surface area contributed by atoms with Gasteiger partial charge in [0.2, 0.25) is 0 Å². The van der Waals surface area contributed by atoms with Crippen molar-refractivity contribution >= 4 is 12.3 Å². The third kappa shape index (κ3) is 2.42. The lowest BCUT2D eigenvalue weighted by molar-refractivity contribution is -0.130. The Balaban J connectivity index is 3.19. The van der Waals surface area contributed by atoms with E-state index in [0.29, 0.717) is 6.29 Å². The fourth-order valence-electron chi connectivity index (χ4n) is 0.860. The third-order valence-corrected chi connectivity index (χ3v) is 1.45. The second-order valence-corrected chi connectivity index (χ2v) is 2.40. The van der Waals surface area contributed by atoms with Crippen molar-refractivity contribution < 1.29 is 19.1 Å². The first-order chi connectivity index (χ1) is 6.63. The molecule has 0 saturated heterocycles. The molecular weight excluding hydrogens is 187 g/mol. The monoisotopic (exact) mass is 192 g/mol. The molecule has 0 amide bonds. The zero-order valence-corrected chi connectivity index (χ0v) is 6.95. The van der Waals surface area contributed by atoms with Crippen LogP contribution in [-0.2, 0) is 4.79 Å². The molecule has 0 radical (unpaired) electrons. The van der Waals surface area contributed by atoms with Crippen molar-refractivity contribution in [2.45, 2.75) is 0 Å². The lowest BCUT2D eigenvalue weighted by Gasteiger charge is -1.95. The Labute approximate surface area is 79.2 Å². The van der Waals surface area contributed by atoms with Crippen molar-refractivity contribution in [3.8, 4) is 11.8 Å². The van der Waals surface area contributed by atoms with Crippen LogP contribution in [0, 0.1) is 17.7 Å². The molecule has 0 aliphatic heterocycles. The summed E-state index contributed by atoms with van der Waals surface area (Å²) in [6, 6.07) is 3.36. The molecule has 0 fully saturated rings. The number of carboxylic acids is 1. The van der Waals surface area contributed by atoms with E-state index in [2.05, 4.69) is 5.92 Å². The van der Waals surface area contributed by atoms with Crippen LogP contribution in [0.2, 0.25) is 0 Å². The SMILES string of the molecule is O=Cc1ccc(F)cc1C#CC(=O)O. The molecule has 1 aromatic carbocycles. The summed E-state index contributed by atoms with van der Waals surface area (Å²) >= 11 is 0. The van der Waals surface area contributed by atoms with Crippen molar-refractivity contribution in [2.24, 2.45) is 0 Å². The number of carboxylic acid groups (broad SMARTS) is 1. The molecule has 0 spiro atoms. The van der Waals surface area contributed by atoms with E-state index >= 15 is 0 Å². The zero-order valence-electron chi connectivity index (χ0n) is 6.95. The number of carbonyl (C=O) groups excluding carboxylic acids is 1. The van der Waals surface area contributed by atoms with Gasteiger partial charge in [-0.25, -0.2) is 9.18 Å². The van der Waals surface area contributed by atoms with Gasteiger partial charge in [-0.2, -0.15) is 0 Å². The quantitative estimate of drug-likeness (QED) is 0.535. The molecule has 3 nitrogen and oxygen atoms in total. The van der Waals surface area contributed by atoms with E-state index in [0.717, 1.165) is 12.1 Å². The van der Waals surface area contributed by atoms with Gasteiger partial charge in [-0.1, -0.05) is 5.92 Å². The highest BCUT2D eigenvalue weighted by Crippen LogP contribution is 2.07. The predicted molar refractivity (Wildman–Crippen MR) is 46.3 cm³/mol. The lowest BCUT2D eigenvalue weighted by Crippen LogP contribution is -1.91. The van der Waals surface area contributed by atoms with Gasteiger partial charge in [0.15, 0.2) is 6.29 Å². The smallest absolute Gasteiger partial charge is 0.382 e. The first-order valence-corrected chi connectivity index (χ1v) is 3.63. The second kappa shape index (κ2) is 4.19. The van der Waals surface area contributed by atoms with Crippen LogP contribution in [0.15, 0.2) is 18.2 Å². The highest BCUT2D eigenvalue weighted by molar-refractivity contribution is 5.88. The van der Waals surface area contributed by atoms with Crippen LogP contribution in [0.1, 0.15) is 15.9 Å². The first-order valence-electron chi connectivity index (χ1n) is 3.63. The van der Waals surface area contributed by atoms with Crippen LogP contribution < -0.4 is 0 Å². The van der Waals surface area contributed by atoms with Gasteiger partial charge in [0.1, 0.15) is 5.82 Å². The second-order valence-electron chi connectivity index (χ2n) is 2.40. The molecule has 1 N–H and O–H groups in total. The minimum atomic E-state index is -1.33. The van der Waals surface area contributed by atoms with E-state index in [1.165, 1.54) is 6.07 Å². The van der Waals surface area contributed by atoms with Gasteiger partial charge < -0.3 is 5.11 Å². The summed E-state index contributed by atoms with van der Waals surface area (Å²) in [4.78, 5) is 20.5. The zero-order chi connectivity index (χ0) is 10.6. The summed E-state index contributed by atoms with van der Waals surface area (Å²) in [7, 11) is 0. The van der Waals surface area contributed by atoms with Crippen LogP contribution in [0.25, 0.3) is 0 Å². The summed E-state index contributed by atoms with van der Waals surface area (Å²) in [5, 5.41) is 8.25. The standard InChI is InChI=1S/C10H5FO3/c11-9-3-1-8(6-12)7(5-9)2-4-10(13)14/h1,3,5-6H,(H,13,14). The van der Waals surface area contributed by atoms with E-state index in [9.17, 15) is 14.0 Å². The highest BCUT2D eigenvalue weighted by atomic mass is 19.1. The normalized spacial score (nSPS) is 8.64. The maximum atomic E-state index is 12.7. The Bertz CT molecular complexity index is 440. The number of hydrogen-bond donors (Lipinski definition) is 1. The molecule has 0 aromatic heterocycles. The molecule has 14 heavy (non-hydrogen) atoms. The molecule has 0 unspecified atom stereocenters. The number of aldehydes is 1. The topological polar surface area (TPSA) is 54.4 Å². The largest absolute Gasteiger partial charge is 0.472 e. The van der Waals surface area contributed by atoms with Gasteiger partial charge in [-0.15, -0.1) is 0 Å². The number of rotatable bonds is 1. The molecule has 0 aliphatic carbocycles. The van der Waals surface area contributed by atoms with E-state index in [1.54, 1.807) is 5.92 Å². The molecule has 0 aliphatic rings. The average molecular weight is 192 g/mol. The molecule has 70 valence electrons. The molecule has 1 rings (SSSR count). The fraction of sp³-hybridized carbons (Fsp3) is 0. The van der Waals surface area contributed by atoms with Crippen LogP contribution in [-0.4, -0.2) is 17.4 Å². The average Bonchev–Trinajstić information content (AvgIpc) is 2.15. The summed E-state index contributed by atoms with van der Waals surface area (Å²) < 4.78 is 12.7. The van der Waals surface area contributed by atoms with E-state index < -0.39 is 11.8 Å². The van der Waals surface area contributed by atoms with Crippen LogP contribution in [0.3, 0.4) is 0 Å². The Kier molecular flexibility index (Phi) is 2.97. The predicted octanol–water partition coefficient (Wildman–Crippen LogP) is 1.07. The van der Waals surface area contributed by atoms with Gasteiger partial charge >= 0.3 is 5.97 Å². The molecule has 1 aromatic rings. The summed E-state index contributed by atoms with van der Waals surface area (Å²) in [6.07, 6.45) is 0.491. The van der Waals surface area contributed by atoms with E-state index in [-0.39, 0.29) is 11.1 Å². The van der Waals surface area contributed by atoms with Gasteiger partial charge in [-0.3, -0.25) is 4.79 Å².